The van der Waals surface area contributed by atoms with Crippen molar-refractivity contribution in [1.82, 2.24) is 0 Å². The van der Waals surface area contributed by atoms with Crippen molar-refractivity contribution >= 4 is 23.7 Å². The van der Waals surface area contributed by atoms with Gasteiger partial charge in [-0.3, -0.25) is 19.2 Å². The van der Waals surface area contributed by atoms with E-state index >= 15 is 0 Å². The first-order chi connectivity index (χ1) is 11.9. The summed E-state index contributed by atoms with van der Waals surface area (Å²) < 4.78 is 4.81. The number of carbonyl (C=O) groups excluding carboxylic acids is 2. The van der Waals surface area contributed by atoms with Gasteiger partial charge in [-0.05, 0) is 53.4 Å². The summed E-state index contributed by atoms with van der Waals surface area (Å²) in [6.45, 7) is 14.4. The Morgan fingerprint density at radius 1 is 0.846 bits per heavy atom. The van der Waals surface area contributed by atoms with Gasteiger partial charge in [-0.2, -0.15) is 0 Å². The first-order valence-electron chi connectivity index (χ1n) is 8.35. The molecule has 0 heterocycles. The molecule has 0 aliphatic carbocycles. The second-order valence-electron chi connectivity index (χ2n) is 6.14. The minimum Gasteiger partial charge on any atom is -0.481 e. The molecule has 0 rings (SSSR count). The van der Waals surface area contributed by atoms with E-state index in [1.54, 1.807) is 13.8 Å². The largest absolute Gasteiger partial charge is 0.481 e. The molecule has 0 aromatic heterocycles. The Bertz CT molecular complexity index is 520. The van der Waals surface area contributed by atoms with Gasteiger partial charge in [0.2, 0.25) is 0 Å². The molecule has 0 aliphatic heterocycles. The zero-order valence-corrected chi connectivity index (χ0v) is 16.0. The highest BCUT2D eigenvalue weighted by Crippen LogP contribution is 2.14. The number of allylic oxidation sites excluding steroid dienone is 2. The van der Waals surface area contributed by atoms with Crippen molar-refractivity contribution in [1.29, 1.82) is 0 Å². The van der Waals surface area contributed by atoms with Crippen molar-refractivity contribution in [2.24, 2.45) is 11.8 Å². The molecule has 0 aromatic carbocycles. The molecule has 0 saturated heterocycles. The molecule has 0 bridgehead atoms. The van der Waals surface area contributed by atoms with Gasteiger partial charge in [0.25, 0.3) is 0 Å². The van der Waals surface area contributed by atoms with Crippen LogP contribution in [0.2, 0.25) is 0 Å². The lowest BCUT2D eigenvalue weighted by molar-refractivity contribution is -0.155. The van der Waals surface area contributed by atoms with Gasteiger partial charge in [-0.25, -0.2) is 0 Å². The van der Waals surface area contributed by atoms with Crippen LogP contribution in [0, 0.1) is 11.8 Å². The van der Waals surface area contributed by atoms with Crippen molar-refractivity contribution in [3.05, 3.63) is 24.3 Å². The molecular formula is C19H30O7. The van der Waals surface area contributed by atoms with Crippen LogP contribution in [0.15, 0.2) is 24.3 Å². The number of aliphatic carboxylic acids is 2. The lowest BCUT2D eigenvalue weighted by atomic mass is 9.97. The fourth-order valence-corrected chi connectivity index (χ4v) is 1.86. The van der Waals surface area contributed by atoms with E-state index in [1.807, 2.05) is 6.92 Å². The van der Waals surface area contributed by atoms with Crippen molar-refractivity contribution in [2.75, 3.05) is 6.61 Å². The number of carbonyl (C=O) groups is 4. The van der Waals surface area contributed by atoms with Crippen molar-refractivity contribution in [3.8, 4) is 0 Å². The van der Waals surface area contributed by atoms with Gasteiger partial charge in [0.05, 0.1) is 6.61 Å². The summed E-state index contributed by atoms with van der Waals surface area (Å²) in [5.74, 6) is -5.05. The number of carboxylic acids is 2. The van der Waals surface area contributed by atoms with E-state index in [0.717, 1.165) is 11.1 Å². The molecule has 7 nitrogen and oxygen atoms in total. The Morgan fingerprint density at radius 3 is 1.50 bits per heavy atom. The molecule has 7 heteroatoms. The van der Waals surface area contributed by atoms with Crippen LogP contribution in [0.3, 0.4) is 0 Å². The molecule has 2 N–H and O–H groups in total. The van der Waals surface area contributed by atoms with E-state index in [0.29, 0.717) is 25.9 Å². The fourth-order valence-electron chi connectivity index (χ4n) is 1.86. The predicted octanol–water partition coefficient (Wildman–Crippen LogP) is 3.24. The minimum absolute atomic E-state index is 0.111. The number of ether oxygens (including phenoxy) is 1. The van der Waals surface area contributed by atoms with Gasteiger partial charge in [0.1, 0.15) is 11.7 Å². The van der Waals surface area contributed by atoms with Gasteiger partial charge < -0.3 is 14.9 Å². The first-order valence-corrected chi connectivity index (χ1v) is 8.35. The summed E-state index contributed by atoms with van der Waals surface area (Å²) in [5, 5.41) is 16.9. The summed E-state index contributed by atoms with van der Waals surface area (Å²) in [6.07, 6.45) is 1.73. The molecule has 26 heavy (non-hydrogen) atoms. The number of ketones is 1. The monoisotopic (exact) mass is 370 g/mol. The van der Waals surface area contributed by atoms with Crippen molar-refractivity contribution in [2.45, 2.75) is 53.4 Å². The molecule has 1 unspecified atom stereocenters. The second-order valence-corrected chi connectivity index (χ2v) is 6.14. The molecule has 0 amide bonds. The zero-order chi connectivity index (χ0) is 20.9. The summed E-state index contributed by atoms with van der Waals surface area (Å²) in [4.78, 5) is 43.2. The van der Waals surface area contributed by atoms with Gasteiger partial charge in [-0.1, -0.05) is 11.1 Å². The number of esters is 1. The highest BCUT2D eigenvalue weighted by molar-refractivity contribution is 5.97. The first kappa shape index (κ1) is 25.8. The number of hydrogen-bond donors (Lipinski definition) is 2. The minimum atomic E-state index is -1.30. The zero-order valence-electron chi connectivity index (χ0n) is 16.0. The van der Waals surface area contributed by atoms with Crippen molar-refractivity contribution < 1.29 is 34.1 Å². The van der Waals surface area contributed by atoms with Crippen LogP contribution in [-0.2, 0) is 23.9 Å². The van der Waals surface area contributed by atoms with Crippen molar-refractivity contribution in [3.63, 3.8) is 0 Å². The topological polar surface area (TPSA) is 118 Å². The van der Waals surface area contributed by atoms with Crippen LogP contribution in [0.1, 0.15) is 53.4 Å². The third-order valence-electron chi connectivity index (χ3n) is 3.38. The summed E-state index contributed by atoms with van der Waals surface area (Å²) in [6, 6.07) is 0. The average Bonchev–Trinajstić information content (AvgIpc) is 2.46. The maximum atomic E-state index is 11.3. The number of hydrogen-bond acceptors (Lipinski definition) is 5. The average molecular weight is 370 g/mol. The van der Waals surface area contributed by atoms with E-state index in [1.165, 1.54) is 6.92 Å². The van der Waals surface area contributed by atoms with E-state index in [2.05, 4.69) is 13.2 Å². The van der Waals surface area contributed by atoms with Crippen LogP contribution in [0.5, 0.6) is 0 Å². The van der Waals surface area contributed by atoms with E-state index < -0.39 is 29.7 Å². The van der Waals surface area contributed by atoms with Gasteiger partial charge >= 0.3 is 17.9 Å². The maximum absolute atomic E-state index is 11.3. The summed E-state index contributed by atoms with van der Waals surface area (Å²) in [5.41, 5.74) is 1.77. The van der Waals surface area contributed by atoms with Gasteiger partial charge in [-0.15, -0.1) is 13.2 Å². The third-order valence-corrected chi connectivity index (χ3v) is 3.38. The SMILES string of the molecule is C=C(C)CCC(C(=O)O)C(=O)O.C=C(C)CCC(C(C)=O)C(=O)OCC. The summed E-state index contributed by atoms with van der Waals surface area (Å²) >= 11 is 0. The molecular weight excluding hydrogens is 340 g/mol. The molecule has 0 radical (unpaired) electrons. The Hall–Kier alpha value is -2.44. The predicted molar refractivity (Wildman–Crippen MR) is 97.7 cm³/mol. The van der Waals surface area contributed by atoms with Crippen LogP contribution >= 0.6 is 0 Å². The molecule has 0 aromatic rings. The third kappa shape index (κ3) is 12.9. The lowest BCUT2D eigenvalue weighted by Gasteiger charge is -2.11. The van der Waals surface area contributed by atoms with Gasteiger partial charge in [0, 0.05) is 0 Å². The fraction of sp³-hybridized carbons (Fsp3) is 0.579. The van der Waals surface area contributed by atoms with Crippen LogP contribution in [0.25, 0.3) is 0 Å². The molecule has 148 valence electrons. The Labute approximate surface area is 154 Å². The van der Waals surface area contributed by atoms with Crippen LogP contribution < -0.4 is 0 Å². The lowest BCUT2D eigenvalue weighted by Crippen LogP contribution is -2.24. The number of Topliss-reactive ketones (excluding diaryl/α,β-unsaturated/α-hetero) is 1. The molecule has 0 fully saturated rings. The number of rotatable bonds is 11. The highest BCUT2D eigenvalue weighted by Gasteiger charge is 2.25. The van der Waals surface area contributed by atoms with Crippen LogP contribution in [0.4, 0.5) is 0 Å². The molecule has 0 saturated carbocycles. The molecule has 0 spiro atoms. The van der Waals surface area contributed by atoms with E-state index in [4.69, 9.17) is 14.9 Å². The Balaban J connectivity index is 0. The quantitative estimate of drug-likeness (QED) is 0.325. The maximum Gasteiger partial charge on any atom is 0.317 e. The van der Waals surface area contributed by atoms with Crippen LogP contribution in [-0.4, -0.2) is 40.5 Å². The highest BCUT2D eigenvalue weighted by atomic mass is 16.5. The van der Waals surface area contributed by atoms with E-state index in [9.17, 15) is 19.2 Å². The van der Waals surface area contributed by atoms with E-state index in [-0.39, 0.29) is 12.2 Å². The van der Waals surface area contributed by atoms with Gasteiger partial charge in [0.15, 0.2) is 5.92 Å². The Kier molecular flexibility index (Phi) is 13.7. The Morgan fingerprint density at radius 2 is 1.23 bits per heavy atom. The second kappa shape index (κ2) is 13.8. The number of carboxylic acid groups (broad SMARTS) is 2. The molecule has 1 atom stereocenters. The standard InChI is InChI=1S/C11H18O3.C8H12O4/c1-5-14-11(13)10(9(4)12)7-6-8(2)3;1-5(2)3-4-6(7(9)10)8(11)12/h10H,2,5-7H2,1,3-4H3;6H,1,3-4H2,2H3,(H,9,10)(H,11,12). The smallest absolute Gasteiger partial charge is 0.317 e. The molecule has 0 aliphatic rings. The normalized spacial score (nSPS) is 11.0. The summed E-state index contributed by atoms with van der Waals surface area (Å²) in [7, 11) is 0.